The molecule has 0 saturated heterocycles. The van der Waals surface area contributed by atoms with Crippen LogP contribution in [0.25, 0.3) is 0 Å². The molecule has 3 N–H and O–H groups in total. The first-order valence-corrected chi connectivity index (χ1v) is 8.26. The number of carbonyl (C=O) groups is 1. The van der Waals surface area contributed by atoms with E-state index in [1.807, 2.05) is 0 Å². The van der Waals surface area contributed by atoms with Crippen LogP contribution in [0, 0.1) is 0 Å². The van der Waals surface area contributed by atoms with Crippen molar-refractivity contribution in [1.82, 2.24) is 9.97 Å². The number of ether oxygens (including phenoxy) is 1. The summed E-state index contributed by atoms with van der Waals surface area (Å²) in [4.78, 5) is 19.7. The van der Waals surface area contributed by atoms with E-state index in [0.29, 0.717) is 17.1 Å². The highest BCUT2D eigenvalue weighted by atomic mass is 32.2. The van der Waals surface area contributed by atoms with Gasteiger partial charge in [-0.3, -0.25) is 15.0 Å². The molecule has 10 heteroatoms. The van der Waals surface area contributed by atoms with Gasteiger partial charge in [-0.25, -0.2) is 18.2 Å². The summed E-state index contributed by atoms with van der Waals surface area (Å²) in [6.45, 7) is 0. The Morgan fingerprint density at radius 3 is 2.61 bits per heavy atom. The molecule has 1 aromatic carbocycles. The third-order valence-corrected chi connectivity index (χ3v) is 3.16. The lowest BCUT2D eigenvalue weighted by Gasteiger charge is -2.13. The van der Waals surface area contributed by atoms with Crippen LogP contribution in [0.1, 0.15) is 0 Å². The van der Waals surface area contributed by atoms with Crippen molar-refractivity contribution in [2.24, 2.45) is 0 Å². The molecule has 0 radical (unpaired) electrons. The Morgan fingerprint density at radius 2 is 2.00 bits per heavy atom. The molecule has 2 aromatic rings. The zero-order valence-electron chi connectivity index (χ0n) is 12.4. The number of benzene rings is 1. The van der Waals surface area contributed by atoms with Crippen LogP contribution in [0.15, 0.2) is 36.8 Å². The van der Waals surface area contributed by atoms with Gasteiger partial charge in [-0.05, 0) is 18.2 Å². The lowest BCUT2D eigenvalue weighted by Crippen LogP contribution is -2.20. The standard InChI is InChI=1S/C13H15N5O4S/c1-22-11-4-3-9(18-23(2,20)21)7-10(11)16-13(19)17-12-8-14-5-6-15-12/h3-8,18H,1-2H3,(H2,15,16,17,19). The Kier molecular flexibility index (Phi) is 4.96. The van der Waals surface area contributed by atoms with Gasteiger partial charge in [0.05, 0.1) is 30.9 Å². The van der Waals surface area contributed by atoms with Gasteiger partial charge in [0, 0.05) is 12.4 Å². The minimum atomic E-state index is -3.43. The number of nitrogens with one attached hydrogen (secondary N) is 3. The smallest absolute Gasteiger partial charge is 0.325 e. The molecular formula is C13H15N5O4S. The number of aromatic nitrogens is 2. The lowest BCUT2D eigenvalue weighted by atomic mass is 10.2. The van der Waals surface area contributed by atoms with Crippen molar-refractivity contribution >= 4 is 33.2 Å². The molecule has 9 nitrogen and oxygen atoms in total. The molecule has 0 aliphatic rings. The summed E-state index contributed by atoms with van der Waals surface area (Å²) in [5.74, 6) is 0.646. The number of anilines is 3. The van der Waals surface area contributed by atoms with Crippen molar-refractivity contribution in [3.05, 3.63) is 36.8 Å². The van der Waals surface area contributed by atoms with E-state index in [1.165, 1.54) is 43.9 Å². The Balaban J connectivity index is 2.16. The predicted octanol–water partition coefficient (Wildman–Crippen LogP) is 1.50. The Hall–Kier alpha value is -2.88. The van der Waals surface area contributed by atoms with Crippen molar-refractivity contribution in [2.75, 3.05) is 28.7 Å². The molecule has 0 atom stereocenters. The Bertz CT molecular complexity index is 795. The second-order valence-electron chi connectivity index (χ2n) is 4.46. The largest absolute Gasteiger partial charge is 0.495 e. The molecule has 0 bridgehead atoms. The van der Waals surface area contributed by atoms with Crippen LogP contribution < -0.4 is 20.1 Å². The molecule has 0 fully saturated rings. The average molecular weight is 337 g/mol. The average Bonchev–Trinajstić information content (AvgIpc) is 2.47. The van der Waals surface area contributed by atoms with Crippen LogP contribution in [0.2, 0.25) is 0 Å². The normalized spacial score (nSPS) is 10.7. The first kappa shape index (κ1) is 16.5. The van der Waals surface area contributed by atoms with Crippen LogP contribution in [0.4, 0.5) is 22.0 Å². The van der Waals surface area contributed by atoms with Gasteiger partial charge in [-0.2, -0.15) is 0 Å². The summed E-state index contributed by atoms with van der Waals surface area (Å²) in [7, 11) is -1.99. The predicted molar refractivity (Wildman–Crippen MR) is 86.1 cm³/mol. The molecule has 1 aromatic heterocycles. The molecule has 2 rings (SSSR count). The van der Waals surface area contributed by atoms with Crippen molar-refractivity contribution in [3.8, 4) is 5.75 Å². The Morgan fingerprint density at radius 1 is 1.22 bits per heavy atom. The number of sulfonamides is 1. The summed E-state index contributed by atoms with van der Waals surface area (Å²) in [6, 6.07) is 3.92. The van der Waals surface area contributed by atoms with E-state index in [-0.39, 0.29) is 5.82 Å². The molecule has 0 spiro atoms. The highest BCUT2D eigenvalue weighted by Gasteiger charge is 2.11. The monoisotopic (exact) mass is 337 g/mol. The van der Waals surface area contributed by atoms with Gasteiger partial charge in [-0.15, -0.1) is 0 Å². The van der Waals surface area contributed by atoms with Gasteiger partial charge in [0.25, 0.3) is 0 Å². The maximum atomic E-state index is 12.0. The highest BCUT2D eigenvalue weighted by Crippen LogP contribution is 2.28. The van der Waals surface area contributed by atoms with E-state index in [1.54, 1.807) is 0 Å². The molecular weight excluding hydrogens is 322 g/mol. The van der Waals surface area contributed by atoms with E-state index >= 15 is 0 Å². The minimum Gasteiger partial charge on any atom is -0.495 e. The van der Waals surface area contributed by atoms with E-state index in [4.69, 9.17) is 4.74 Å². The SMILES string of the molecule is COc1ccc(NS(C)(=O)=O)cc1NC(=O)Nc1cnccn1. The molecule has 0 unspecified atom stereocenters. The number of amides is 2. The zero-order valence-corrected chi connectivity index (χ0v) is 13.2. The number of urea groups is 1. The quantitative estimate of drug-likeness (QED) is 0.760. The van der Waals surface area contributed by atoms with Crippen LogP contribution in [-0.4, -0.2) is 37.8 Å². The second kappa shape index (κ2) is 6.92. The van der Waals surface area contributed by atoms with Crippen molar-refractivity contribution < 1.29 is 17.9 Å². The number of hydrogen-bond acceptors (Lipinski definition) is 6. The summed E-state index contributed by atoms with van der Waals surface area (Å²) < 4.78 is 30.0. The van der Waals surface area contributed by atoms with E-state index in [9.17, 15) is 13.2 Å². The van der Waals surface area contributed by atoms with E-state index < -0.39 is 16.1 Å². The summed E-state index contributed by atoms with van der Waals surface area (Å²) >= 11 is 0. The van der Waals surface area contributed by atoms with Gasteiger partial charge in [0.2, 0.25) is 10.0 Å². The van der Waals surface area contributed by atoms with Gasteiger partial charge < -0.3 is 10.1 Å². The van der Waals surface area contributed by atoms with Crippen LogP contribution in [0.3, 0.4) is 0 Å². The fourth-order valence-electron chi connectivity index (χ4n) is 1.72. The lowest BCUT2D eigenvalue weighted by molar-refractivity contribution is 0.262. The molecule has 0 aliphatic heterocycles. The summed E-state index contributed by atoms with van der Waals surface area (Å²) in [5.41, 5.74) is 0.589. The minimum absolute atomic E-state index is 0.273. The maximum Gasteiger partial charge on any atom is 0.325 e. The van der Waals surface area contributed by atoms with E-state index in [2.05, 4.69) is 25.3 Å². The maximum absolute atomic E-state index is 12.0. The van der Waals surface area contributed by atoms with Gasteiger partial charge in [0.1, 0.15) is 5.75 Å². The number of nitrogens with zero attached hydrogens (tertiary/aromatic N) is 2. The number of carbonyl (C=O) groups excluding carboxylic acids is 1. The third-order valence-electron chi connectivity index (χ3n) is 2.56. The fraction of sp³-hybridized carbons (Fsp3) is 0.154. The topological polar surface area (TPSA) is 122 Å². The summed E-state index contributed by atoms with van der Waals surface area (Å²) in [6.07, 6.45) is 5.34. The van der Waals surface area contributed by atoms with Crippen molar-refractivity contribution in [1.29, 1.82) is 0 Å². The Labute approximate surface area is 133 Å². The van der Waals surface area contributed by atoms with Crippen molar-refractivity contribution in [3.63, 3.8) is 0 Å². The molecule has 0 aliphatic carbocycles. The second-order valence-corrected chi connectivity index (χ2v) is 6.21. The van der Waals surface area contributed by atoms with Gasteiger partial charge in [-0.1, -0.05) is 0 Å². The first-order valence-electron chi connectivity index (χ1n) is 6.37. The van der Waals surface area contributed by atoms with Gasteiger partial charge in [0.15, 0.2) is 5.82 Å². The molecule has 0 saturated carbocycles. The fourth-order valence-corrected chi connectivity index (χ4v) is 2.27. The van der Waals surface area contributed by atoms with Crippen LogP contribution in [0.5, 0.6) is 5.75 Å². The third kappa shape index (κ3) is 5.11. The zero-order chi connectivity index (χ0) is 16.9. The highest BCUT2D eigenvalue weighted by molar-refractivity contribution is 7.92. The van der Waals surface area contributed by atoms with Crippen molar-refractivity contribution in [2.45, 2.75) is 0 Å². The van der Waals surface area contributed by atoms with Gasteiger partial charge >= 0.3 is 6.03 Å². The molecule has 23 heavy (non-hydrogen) atoms. The number of methoxy groups -OCH3 is 1. The van der Waals surface area contributed by atoms with Crippen LogP contribution in [-0.2, 0) is 10.0 Å². The van der Waals surface area contributed by atoms with Crippen LogP contribution >= 0.6 is 0 Å². The molecule has 1 heterocycles. The van der Waals surface area contributed by atoms with E-state index in [0.717, 1.165) is 6.26 Å². The molecule has 2 amide bonds. The molecule has 122 valence electrons. The first-order chi connectivity index (χ1) is 10.9. The number of hydrogen-bond donors (Lipinski definition) is 3. The number of rotatable bonds is 5. The summed E-state index contributed by atoms with van der Waals surface area (Å²) in [5, 5.41) is 5.05.